The van der Waals surface area contributed by atoms with Gasteiger partial charge < -0.3 is 10.4 Å². The lowest BCUT2D eigenvalue weighted by Gasteiger charge is -2.33. The molecule has 0 saturated heterocycles. The number of aliphatic hydroxyl groups is 1. The van der Waals surface area contributed by atoms with Crippen molar-refractivity contribution < 1.29 is 5.11 Å². The molecule has 2 nitrogen and oxygen atoms in total. The Balaban J connectivity index is 2.15. The van der Waals surface area contributed by atoms with Gasteiger partial charge in [-0.1, -0.05) is 30.7 Å². The van der Waals surface area contributed by atoms with Gasteiger partial charge in [-0.3, -0.25) is 0 Å². The van der Waals surface area contributed by atoms with Crippen LogP contribution in [0, 0.1) is 5.92 Å². The van der Waals surface area contributed by atoms with Gasteiger partial charge in [0.15, 0.2) is 0 Å². The molecule has 1 unspecified atom stereocenters. The first-order chi connectivity index (χ1) is 8.20. The normalized spacial score (nSPS) is 19.0. The first-order valence-corrected chi connectivity index (χ1v) is 6.70. The summed E-state index contributed by atoms with van der Waals surface area (Å²) in [6.45, 7) is 3.22. The van der Waals surface area contributed by atoms with Crippen molar-refractivity contribution in [1.82, 2.24) is 5.32 Å². The molecule has 1 atom stereocenters. The van der Waals surface area contributed by atoms with Crippen molar-refractivity contribution in [1.29, 1.82) is 0 Å². The Bertz CT molecular complexity index is 355. The molecule has 0 amide bonds. The van der Waals surface area contributed by atoms with Crippen LogP contribution in [0.4, 0.5) is 0 Å². The second-order valence-electron chi connectivity index (χ2n) is 4.92. The highest BCUT2D eigenvalue weighted by molar-refractivity contribution is 6.30. The summed E-state index contributed by atoms with van der Waals surface area (Å²) in [4.78, 5) is 0. The van der Waals surface area contributed by atoms with E-state index in [9.17, 15) is 5.11 Å². The molecule has 1 saturated carbocycles. The van der Waals surface area contributed by atoms with Crippen LogP contribution in [0.3, 0.4) is 0 Å². The Hall–Kier alpha value is -0.570. The molecule has 94 valence electrons. The molecular formula is C14H20ClNO. The fourth-order valence-electron chi connectivity index (χ4n) is 2.12. The van der Waals surface area contributed by atoms with Crippen LogP contribution < -0.4 is 5.32 Å². The van der Waals surface area contributed by atoms with Crippen LogP contribution in [0.25, 0.3) is 0 Å². The summed E-state index contributed by atoms with van der Waals surface area (Å²) >= 11 is 5.90. The lowest BCUT2D eigenvalue weighted by Crippen LogP contribution is -2.46. The molecule has 1 aliphatic carbocycles. The molecule has 1 aliphatic rings. The third-order valence-corrected chi connectivity index (χ3v) is 3.95. The number of halogens is 1. The molecule has 2 N–H and O–H groups in total. The molecule has 3 heteroatoms. The van der Waals surface area contributed by atoms with Gasteiger partial charge in [-0.15, -0.1) is 0 Å². The number of hydrogen-bond donors (Lipinski definition) is 2. The molecule has 1 aromatic rings. The van der Waals surface area contributed by atoms with Crippen LogP contribution in [0.1, 0.15) is 31.7 Å². The van der Waals surface area contributed by atoms with E-state index in [1.54, 1.807) is 0 Å². The highest BCUT2D eigenvalue weighted by Crippen LogP contribution is 2.31. The van der Waals surface area contributed by atoms with Crippen molar-refractivity contribution in [3.63, 3.8) is 0 Å². The van der Waals surface area contributed by atoms with Crippen molar-refractivity contribution in [2.75, 3.05) is 13.2 Å². The van der Waals surface area contributed by atoms with Gasteiger partial charge in [-0.05, 0) is 49.4 Å². The second-order valence-corrected chi connectivity index (χ2v) is 5.36. The van der Waals surface area contributed by atoms with Crippen molar-refractivity contribution in [2.24, 2.45) is 5.92 Å². The fraction of sp³-hybridized carbons (Fsp3) is 0.571. The van der Waals surface area contributed by atoms with Crippen molar-refractivity contribution >= 4 is 11.6 Å². The van der Waals surface area contributed by atoms with E-state index in [2.05, 4.69) is 12.2 Å². The minimum Gasteiger partial charge on any atom is -0.394 e. The molecule has 0 bridgehead atoms. The molecule has 0 aromatic heterocycles. The average molecular weight is 254 g/mol. The van der Waals surface area contributed by atoms with Crippen molar-refractivity contribution in [3.8, 4) is 0 Å². The molecule has 2 rings (SSSR count). The number of aliphatic hydroxyl groups excluding tert-OH is 1. The minimum atomic E-state index is -0.312. The van der Waals surface area contributed by atoms with E-state index in [1.807, 2.05) is 24.3 Å². The summed E-state index contributed by atoms with van der Waals surface area (Å²) in [6, 6.07) is 7.77. The molecule has 0 spiro atoms. The van der Waals surface area contributed by atoms with Gasteiger partial charge in [-0.25, -0.2) is 0 Å². The van der Waals surface area contributed by atoms with Gasteiger partial charge in [-0.2, -0.15) is 0 Å². The zero-order valence-corrected chi connectivity index (χ0v) is 11.0. The first-order valence-electron chi connectivity index (χ1n) is 6.32. The summed E-state index contributed by atoms with van der Waals surface area (Å²) in [5, 5.41) is 14.0. The quantitative estimate of drug-likeness (QED) is 0.817. The third-order valence-electron chi connectivity index (χ3n) is 3.70. The van der Waals surface area contributed by atoms with Crippen molar-refractivity contribution in [3.05, 3.63) is 34.9 Å². The smallest absolute Gasteiger partial charge is 0.0666 e. The van der Waals surface area contributed by atoms with Gasteiger partial charge in [0.1, 0.15) is 0 Å². The number of hydrogen-bond acceptors (Lipinski definition) is 2. The zero-order chi connectivity index (χ0) is 12.3. The molecule has 0 aliphatic heterocycles. The molecule has 0 radical (unpaired) electrons. The van der Waals surface area contributed by atoms with Gasteiger partial charge >= 0.3 is 0 Å². The van der Waals surface area contributed by atoms with E-state index in [-0.39, 0.29) is 12.1 Å². The Morgan fingerprint density at radius 2 is 2.00 bits per heavy atom. The maximum atomic E-state index is 9.74. The van der Waals surface area contributed by atoms with Crippen LogP contribution in [-0.4, -0.2) is 18.3 Å². The minimum absolute atomic E-state index is 0.123. The van der Waals surface area contributed by atoms with E-state index in [1.165, 1.54) is 12.8 Å². The predicted molar refractivity (Wildman–Crippen MR) is 71.2 cm³/mol. The number of benzene rings is 1. The maximum Gasteiger partial charge on any atom is 0.0666 e. The molecule has 17 heavy (non-hydrogen) atoms. The summed E-state index contributed by atoms with van der Waals surface area (Å²) in [5.41, 5.74) is 0.806. The largest absolute Gasteiger partial charge is 0.394 e. The third kappa shape index (κ3) is 3.01. The summed E-state index contributed by atoms with van der Waals surface area (Å²) in [7, 11) is 0. The standard InChI is InChI=1S/C14H20ClNO/c1-2-14(10-17,16-9-11-3-4-11)12-5-7-13(15)8-6-12/h5-8,11,16-17H,2-4,9-10H2,1H3. The van der Waals surface area contributed by atoms with E-state index < -0.39 is 0 Å². The maximum absolute atomic E-state index is 9.74. The summed E-state index contributed by atoms with van der Waals surface area (Å²) < 4.78 is 0. The second kappa shape index (κ2) is 5.38. The Morgan fingerprint density at radius 3 is 2.47 bits per heavy atom. The van der Waals surface area contributed by atoms with E-state index in [4.69, 9.17) is 11.6 Å². The summed E-state index contributed by atoms with van der Waals surface area (Å²) in [5.74, 6) is 0.805. The Labute approximate surface area is 108 Å². The summed E-state index contributed by atoms with van der Waals surface area (Å²) in [6.07, 6.45) is 3.51. The average Bonchev–Trinajstić information content (AvgIpc) is 3.17. The molecule has 1 aromatic carbocycles. The van der Waals surface area contributed by atoms with Crippen LogP contribution in [-0.2, 0) is 5.54 Å². The van der Waals surface area contributed by atoms with Crippen LogP contribution in [0.5, 0.6) is 0 Å². The van der Waals surface area contributed by atoms with Gasteiger partial charge in [0.05, 0.1) is 12.1 Å². The molecule has 1 fully saturated rings. The Kier molecular flexibility index (Phi) is 4.08. The highest BCUT2D eigenvalue weighted by Gasteiger charge is 2.31. The SMILES string of the molecule is CCC(CO)(NCC1CC1)c1ccc(Cl)cc1. The highest BCUT2D eigenvalue weighted by atomic mass is 35.5. The van der Waals surface area contributed by atoms with Gasteiger partial charge in [0.25, 0.3) is 0 Å². The van der Waals surface area contributed by atoms with Gasteiger partial charge in [0.2, 0.25) is 0 Å². The van der Waals surface area contributed by atoms with Crippen LogP contribution in [0.15, 0.2) is 24.3 Å². The van der Waals surface area contributed by atoms with Crippen LogP contribution >= 0.6 is 11.6 Å². The number of nitrogens with one attached hydrogen (secondary N) is 1. The van der Waals surface area contributed by atoms with E-state index >= 15 is 0 Å². The van der Waals surface area contributed by atoms with Crippen LogP contribution in [0.2, 0.25) is 5.02 Å². The first kappa shape index (κ1) is 12.9. The Morgan fingerprint density at radius 1 is 1.35 bits per heavy atom. The van der Waals surface area contributed by atoms with E-state index in [0.717, 1.165) is 29.5 Å². The lowest BCUT2D eigenvalue weighted by atomic mass is 9.88. The van der Waals surface area contributed by atoms with Gasteiger partial charge in [0, 0.05) is 5.02 Å². The molecule has 0 heterocycles. The fourth-order valence-corrected chi connectivity index (χ4v) is 2.25. The number of rotatable bonds is 6. The molecular weight excluding hydrogens is 234 g/mol. The van der Waals surface area contributed by atoms with Crippen molar-refractivity contribution in [2.45, 2.75) is 31.7 Å². The lowest BCUT2D eigenvalue weighted by molar-refractivity contribution is 0.154. The monoisotopic (exact) mass is 253 g/mol. The van der Waals surface area contributed by atoms with E-state index in [0.29, 0.717) is 0 Å². The zero-order valence-electron chi connectivity index (χ0n) is 10.2. The predicted octanol–water partition coefficient (Wildman–Crippen LogP) is 2.94. The topological polar surface area (TPSA) is 32.3 Å².